The van der Waals surface area contributed by atoms with Crippen LogP contribution in [0.5, 0.6) is 0 Å². The Morgan fingerprint density at radius 1 is 1.14 bits per heavy atom. The number of carbonyl (C=O) groups is 2. The normalized spacial score (nSPS) is 13.3. The standard InChI is InChI=1S/C19H19FN2O5S/c20-15-4-1-13(2-5-15)3-8-19(24)27-12-18(23)22-10-9-14-11-16(28(21,25)26)6-7-17(14)22/h1-2,4-7,11H,3,8-10,12H2,(H2,21,25,26). The number of amides is 1. The zero-order valence-corrected chi connectivity index (χ0v) is 15.7. The Labute approximate surface area is 161 Å². The number of sulfonamides is 1. The van der Waals surface area contributed by atoms with Crippen molar-refractivity contribution >= 4 is 27.6 Å². The van der Waals surface area contributed by atoms with Gasteiger partial charge in [0, 0.05) is 18.7 Å². The van der Waals surface area contributed by atoms with E-state index in [9.17, 15) is 22.4 Å². The van der Waals surface area contributed by atoms with Gasteiger partial charge < -0.3 is 9.64 Å². The van der Waals surface area contributed by atoms with Gasteiger partial charge in [0.25, 0.3) is 5.91 Å². The lowest BCUT2D eigenvalue weighted by atomic mass is 10.1. The lowest BCUT2D eigenvalue weighted by molar-refractivity contribution is -0.147. The number of fused-ring (bicyclic) bond motifs is 1. The van der Waals surface area contributed by atoms with Gasteiger partial charge in [0.1, 0.15) is 5.82 Å². The molecule has 0 spiro atoms. The molecule has 9 heteroatoms. The molecule has 0 atom stereocenters. The second-order valence-corrected chi connectivity index (χ2v) is 7.98. The zero-order valence-electron chi connectivity index (χ0n) is 14.9. The summed E-state index contributed by atoms with van der Waals surface area (Å²) >= 11 is 0. The predicted molar refractivity (Wildman–Crippen MR) is 99.6 cm³/mol. The number of primary sulfonamides is 1. The summed E-state index contributed by atoms with van der Waals surface area (Å²) in [6.07, 6.45) is 0.951. The summed E-state index contributed by atoms with van der Waals surface area (Å²) in [7, 11) is -3.81. The van der Waals surface area contributed by atoms with Crippen molar-refractivity contribution in [2.75, 3.05) is 18.1 Å². The van der Waals surface area contributed by atoms with E-state index >= 15 is 0 Å². The maximum Gasteiger partial charge on any atom is 0.306 e. The molecule has 0 saturated carbocycles. The highest BCUT2D eigenvalue weighted by molar-refractivity contribution is 7.89. The first-order valence-corrected chi connectivity index (χ1v) is 10.1. The first-order valence-electron chi connectivity index (χ1n) is 8.60. The fourth-order valence-electron chi connectivity index (χ4n) is 3.00. The van der Waals surface area contributed by atoms with Crippen LogP contribution < -0.4 is 10.0 Å². The van der Waals surface area contributed by atoms with Gasteiger partial charge in [-0.25, -0.2) is 17.9 Å². The monoisotopic (exact) mass is 406 g/mol. The van der Waals surface area contributed by atoms with Gasteiger partial charge in [-0.15, -0.1) is 0 Å². The van der Waals surface area contributed by atoms with Gasteiger partial charge in [-0.05, 0) is 54.3 Å². The van der Waals surface area contributed by atoms with Crippen LogP contribution in [0.4, 0.5) is 10.1 Å². The molecule has 0 saturated heterocycles. The van der Waals surface area contributed by atoms with Crippen LogP contribution in [-0.2, 0) is 37.2 Å². The molecule has 0 aliphatic carbocycles. The van der Waals surface area contributed by atoms with Crippen molar-refractivity contribution in [3.63, 3.8) is 0 Å². The second-order valence-electron chi connectivity index (χ2n) is 6.42. The van der Waals surface area contributed by atoms with Gasteiger partial charge in [0.15, 0.2) is 6.61 Å². The second kappa shape index (κ2) is 8.07. The van der Waals surface area contributed by atoms with Crippen LogP contribution in [-0.4, -0.2) is 33.4 Å². The highest BCUT2D eigenvalue weighted by Crippen LogP contribution is 2.30. The summed E-state index contributed by atoms with van der Waals surface area (Å²) in [5.41, 5.74) is 2.08. The molecule has 7 nitrogen and oxygen atoms in total. The molecule has 1 amide bonds. The average Bonchev–Trinajstić information content (AvgIpc) is 3.08. The number of hydrogen-bond donors (Lipinski definition) is 1. The Kier molecular flexibility index (Phi) is 5.76. The summed E-state index contributed by atoms with van der Waals surface area (Å²) in [6, 6.07) is 10.1. The number of anilines is 1. The third kappa shape index (κ3) is 4.73. The Bertz CT molecular complexity index is 1010. The average molecular weight is 406 g/mol. The topological polar surface area (TPSA) is 107 Å². The van der Waals surface area contributed by atoms with Gasteiger partial charge in [-0.1, -0.05) is 12.1 Å². The minimum Gasteiger partial charge on any atom is -0.456 e. The number of ether oxygens (including phenoxy) is 1. The number of hydrogen-bond acceptors (Lipinski definition) is 5. The molecule has 0 bridgehead atoms. The maximum absolute atomic E-state index is 12.9. The van der Waals surface area contributed by atoms with Crippen LogP contribution >= 0.6 is 0 Å². The Morgan fingerprint density at radius 3 is 2.54 bits per heavy atom. The smallest absolute Gasteiger partial charge is 0.306 e. The molecule has 1 heterocycles. The maximum atomic E-state index is 12.9. The molecule has 2 N–H and O–H groups in total. The number of esters is 1. The lowest BCUT2D eigenvalue weighted by Gasteiger charge is -2.17. The molecule has 148 valence electrons. The summed E-state index contributed by atoms with van der Waals surface area (Å²) in [4.78, 5) is 25.7. The Morgan fingerprint density at radius 2 is 1.86 bits per heavy atom. The summed E-state index contributed by atoms with van der Waals surface area (Å²) in [5, 5.41) is 5.12. The molecule has 0 fully saturated rings. The predicted octanol–water partition coefficient (Wildman–Crippen LogP) is 1.54. The van der Waals surface area contributed by atoms with Crippen LogP contribution in [0.2, 0.25) is 0 Å². The SMILES string of the molecule is NS(=O)(=O)c1ccc2c(c1)CCN2C(=O)COC(=O)CCc1ccc(F)cc1. The number of nitrogens with two attached hydrogens (primary N) is 1. The van der Waals surface area contributed by atoms with E-state index < -0.39 is 28.5 Å². The summed E-state index contributed by atoms with van der Waals surface area (Å²) in [5.74, 6) is -1.27. The highest BCUT2D eigenvalue weighted by atomic mass is 32.2. The molecular formula is C19H19FN2O5S. The van der Waals surface area contributed by atoms with Crippen molar-refractivity contribution in [2.45, 2.75) is 24.2 Å². The van der Waals surface area contributed by atoms with Crippen molar-refractivity contribution in [3.05, 3.63) is 59.4 Å². The summed E-state index contributed by atoms with van der Waals surface area (Å²) < 4.78 is 40.7. The van der Waals surface area contributed by atoms with E-state index in [-0.39, 0.29) is 17.1 Å². The minimum atomic E-state index is -3.81. The van der Waals surface area contributed by atoms with Crippen LogP contribution in [0, 0.1) is 5.82 Å². The quantitative estimate of drug-likeness (QED) is 0.733. The van der Waals surface area contributed by atoms with Gasteiger partial charge in [0.05, 0.1) is 4.90 Å². The van der Waals surface area contributed by atoms with Gasteiger partial charge in [-0.2, -0.15) is 0 Å². The molecule has 2 aromatic rings. The largest absolute Gasteiger partial charge is 0.456 e. The minimum absolute atomic E-state index is 0.00669. The first kappa shape index (κ1) is 20.0. The van der Waals surface area contributed by atoms with Crippen molar-refractivity contribution in [2.24, 2.45) is 5.14 Å². The highest BCUT2D eigenvalue weighted by Gasteiger charge is 2.26. The van der Waals surface area contributed by atoms with Crippen LogP contribution in [0.25, 0.3) is 0 Å². The molecule has 1 aliphatic heterocycles. The van der Waals surface area contributed by atoms with Crippen molar-refractivity contribution < 1.29 is 27.1 Å². The Hall–Kier alpha value is -2.78. The number of carbonyl (C=O) groups excluding carboxylic acids is 2. The van der Waals surface area contributed by atoms with Gasteiger partial charge in [0.2, 0.25) is 10.0 Å². The zero-order chi connectivity index (χ0) is 20.3. The van der Waals surface area contributed by atoms with E-state index in [1.165, 1.54) is 35.2 Å². The van der Waals surface area contributed by atoms with E-state index in [2.05, 4.69) is 0 Å². The molecule has 3 rings (SSSR count). The lowest BCUT2D eigenvalue weighted by Crippen LogP contribution is -2.33. The number of nitrogens with zero attached hydrogens (tertiary/aromatic N) is 1. The number of benzene rings is 2. The van der Waals surface area contributed by atoms with E-state index in [0.29, 0.717) is 30.6 Å². The van der Waals surface area contributed by atoms with E-state index in [0.717, 1.165) is 5.56 Å². The van der Waals surface area contributed by atoms with Crippen molar-refractivity contribution in [1.29, 1.82) is 0 Å². The molecule has 0 aromatic heterocycles. The first-order chi connectivity index (χ1) is 13.2. The fraction of sp³-hybridized carbons (Fsp3) is 0.263. The van der Waals surface area contributed by atoms with E-state index in [1.807, 2.05) is 0 Å². The van der Waals surface area contributed by atoms with Gasteiger partial charge in [-0.3, -0.25) is 9.59 Å². The molecule has 2 aromatic carbocycles. The molecular weight excluding hydrogens is 387 g/mol. The van der Waals surface area contributed by atoms with Gasteiger partial charge >= 0.3 is 5.97 Å². The molecule has 28 heavy (non-hydrogen) atoms. The third-order valence-corrected chi connectivity index (χ3v) is 5.37. The van der Waals surface area contributed by atoms with Crippen LogP contribution in [0.3, 0.4) is 0 Å². The van der Waals surface area contributed by atoms with Crippen molar-refractivity contribution in [1.82, 2.24) is 0 Å². The van der Waals surface area contributed by atoms with E-state index in [4.69, 9.17) is 9.88 Å². The molecule has 0 unspecified atom stereocenters. The van der Waals surface area contributed by atoms with Crippen LogP contribution in [0.15, 0.2) is 47.4 Å². The number of aryl methyl sites for hydroxylation is 1. The molecule has 1 aliphatic rings. The Balaban J connectivity index is 1.53. The third-order valence-electron chi connectivity index (χ3n) is 4.46. The number of halogens is 1. The fourth-order valence-corrected chi connectivity index (χ4v) is 3.57. The number of rotatable bonds is 6. The van der Waals surface area contributed by atoms with Crippen LogP contribution in [0.1, 0.15) is 17.5 Å². The summed E-state index contributed by atoms with van der Waals surface area (Å²) in [6.45, 7) is -0.0337. The van der Waals surface area contributed by atoms with Crippen molar-refractivity contribution in [3.8, 4) is 0 Å². The molecule has 0 radical (unpaired) electrons. The van der Waals surface area contributed by atoms with E-state index in [1.54, 1.807) is 12.1 Å².